The van der Waals surface area contributed by atoms with Crippen molar-refractivity contribution in [3.8, 4) is 11.1 Å². The Morgan fingerprint density at radius 2 is 1.56 bits per heavy atom. The molecule has 0 aromatic heterocycles. The Bertz CT molecular complexity index is 503. The van der Waals surface area contributed by atoms with Gasteiger partial charge in [0.2, 0.25) is 0 Å². The Kier molecular flexibility index (Phi) is 4.32. The highest BCUT2D eigenvalue weighted by atomic mass is 14.5. The molecule has 92 valence electrons. The summed E-state index contributed by atoms with van der Waals surface area (Å²) >= 11 is 0. The van der Waals surface area contributed by atoms with Crippen molar-refractivity contribution in [1.29, 1.82) is 0 Å². The van der Waals surface area contributed by atoms with Crippen LogP contribution >= 0.6 is 0 Å². The minimum absolute atomic E-state index is 0.636. The van der Waals surface area contributed by atoms with E-state index in [9.17, 15) is 0 Å². The van der Waals surface area contributed by atoms with E-state index in [0.29, 0.717) is 6.54 Å². The van der Waals surface area contributed by atoms with Crippen molar-refractivity contribution in [2.24, 2.45) is 5.73 Å². The van der Waals surface area contributed by atoms with Gasteiger partial charge >= 0.3 is 0 Å². The summed E-state index contributed by atoms with van der Waals surface area (Å²) in [4.78, 5) is 0. The Morgan fingerprint density at radius 3 is 2.11 bits per heavy atom. The van der Waals surface area contributed by atoms with Crippen molar-refractivity contribution in [1.82, 2.24) is 0 Å². The highest BCUT2D eigenvalue weighted by Crippen LogP contribution is 2.20. The highest BCUT2D eigenvalue weighted by Gasteiger charge is 1.97. The molecule has 18 heavy (non-hydrogen) atoms. The van der Waals surface area contributed by atoms with Gasteiger partial charge in [0.1, 0.15) is 0 Å². The molecule has 0 aliphatic carbocycles. The van der Waals surface area contributed by atoms with Gasteiger partial charge in [-0.2, -0.15) is 0 Å². The van der Waals surface area contributed by atoms with Crippen LogP contribution in [0.3, 0.4) is 0 Å². The first kappa shape index (κ1) is 12.6. The maximum absolute atomic E-state index is 5.68. The summed E-state index contributed by atoms with van der Waals surface area (Å²) in [6.45, 7) is 2.77. The zero-order valence-corrected chi connectivity index (χ0v) is 10.8. The van der Waals surface area contributed by atoms with E-state index in [2.05, 4.69) is 61.5 Å². The number of nitrogens with two attached hydrogens (primary N) is 1. The van der Waals surface area contributed by atoms with E-state index in [0.717, 1.165) is 6.42 Å². The predicted octanol–water partition coefficient (Wildman–Crippen LogP) is 4.11. The largest absolute Gasteiger partial charge is 0.327 e. The molecule has 0 fully saturated rings. The van der Waals surface area contributed by atoms with Crippen LogP contribution in [0.5, 0.6) is 0 Å². The van der Waals surface area contributed by atoms with E-state index in [-0.39, 0.29) is 0 Å². The lowest BCUT2D eigenvalue weighted by Gasteiger charge is -2.04. The first-order chi connectivity index (χ1) is 8.83. The van der Waals surface area contributed by atoms with Gasteiger partial charge in [0.05, 0.1) is 0 Å². The van der Waals surface area contributed by atoms with Crippen molar-refractivity contribution < 1.29 is 0 Å². The van der Waals surface area contributed by atoms with Gasteiger partial charge < -0.3 is 5.73 Å². The molecule has 0 heterocycles. The zero-order chi connectivity index (χ0) is 12.8. The molecule has 2 N–H and O–H groups in total. The average molecular weight is 237 g/mol. The molecule has 2 rings (SSSR count). The molecular formula is C17H19N. The normalized spacial score (nSPS) is 11.6. The van der Waals surface area contributed by atoms with Gasteiger partial charge in [0.25, 0.3) is 0 Å². The van der Waals surface area contributed by atoms with E-state index in [4.69, 9.17) is 5.73 Å². The maximum atomic E-state index is 5.68. The average Bonchev–Trinajstić information content (AvgIpc) is 2.46. The van der Waals surface area contributed by atoms with Gasteiger partial charge in [-0.15, -0.1) is 0 Å². The summed E-state index contributed by atoms with van der Waals surface area (Å²) in [6, 6.07) is 19.0. The van der Waals surface area contributed by atoms with E-state index < -0.39 is 0 Å². The van der Waals surface area contributed by atoms with Crippen LogP contribution < -0.4 is 5.73 Å². The van der Waals surface area contributed by atoms with Gasteiger partial charge in [-0.3, -0.25) is 0 Å². The molecule has 0 radical (unpaired) electrons. The first-order valence-corrected chi connectivity index (χ1v) is 6.38. The molecule has 0 saturated heterocycles. The zero-order valence-electron chi connectivity index (χ0n) is 10.8. The van der Waals surface area contributed by atoms with Crippen LogP contribution in [0.25, 0.3) is 17.2 Å². The first-order valence-electron chi connectivity index (χ1n) is 6.38. The van der Waals surface area contributed by atoms with Crippen LogP contribution in [0.1, 0.15) is 18.9 Å². The van der Waals surface area contributed by atoms with Crippen LogP contribution in [0, 0.1) is 0 Å². The number of rotatable bonds is 4. The van der Waals surface area contributed by atoms with E-state index in [1.54, 1.807) is 0 Å². The molecule has 0 unspecified atom stereocenters. The Hall–Kier alpha value is -1.86. The molecule has 0 bridgehead atoms. The van der Waals surface area contributed by atoms with Gasteiger partial charge in [-0.25, -0.2) is 0 Å². The van der Waals surface area contributed by atoms with Crippen LogP contribution in [-0.2, 0) is 0 Å². The van der Waals surface area contributed by atoms with E-state index in [1.165, 1.54) is 22.3 Å². The highest BCUT2D eigenvalue weighted by molar-refractivity contribution is 5.66. The SMILES string of the molecule is CCC(=Cc1ccc(-c2ccccc2)cc1)CN. The fourth-order valence-corrected chi connectivity index (χ4v) is 1.94. The Balaban J connectivity index is 2.23. The smallest absolute Gasteiger partial charge is 0.0140 e. The van der Waals surface area contributed by atoms with Crippen molar-refractivity contribution >= 4 is 6.08 Å². The summed E-state index contributed by atoms with van der Waals surface area (Å²) in [7, 11) is 0. The number of hydrogen-bond donors (Lipinski definition) is 1. The standard InChI is InChI=1S/C17H19N/c1-2-14(13-18)12-15-8-10-17(11-9-15)16-6-4-3-5-7-16/h3-12H,2,13,18H2,1H3. The minimum atomic E-state index is 0.636. The summed E-state index contributed by atoms with van der Waals surface area (Å²) in [5, 5.41) is 0. The minimum Gasteiger partial charge on any atom is -0.327 e. The fourth-order valence-electron chi connectivity index (χ4n) is 1.94. The quantitative estimate of drug-likeness (QED) is 0.851. The molecule has 2 aromatic rings. The summed E-state index contributed by atoms with van der Waals surface area (Å²) in [5.74, 6) is 0. The van der Waals surface area contributed by atoms with Crippen LogP contribution in [0.2, 0.25) is 0 Å². The van der Waals surface area contributed by atoms with Crippen molar-refractivity contribution in [2.75, 3.05) is 6.54 Å². The Morgan fingerprint density at radius 1 is 0.944 bits per heavy atom. The summed E-state index contributed by atoms with van der Waals surface area (Å²) in [5.41, 5.74) is 10.7. The lowest BCUT2D eigenvalue weighted by Crippen LogP contribution is -2.01. The second-order valence-electron chi connectivity index (χ2n) is 4.35. The van der Waals surface area contributed by atoms with Crippen molar-refractivity contribution in [3.63, 3.8) is 0 Å². The third-order valence-corrected chi connectivity index (χ3v) is 3.10. The van der Waals surface area contributed by atoms with Crippen LogP contribution in [-0.4, -0.2) is 6.54 Å². The molecule has 0 aliphatic rings. The third kappa shape index (κ3) is 3.08. The predicted molar refractivity (Wildman–Crippen MR) is 79.2 cm³/mol. The molecule has 0 spiro atoms. The molecule has 2 aromatic carbocycles. The van der Waals surface area contributed by atoms with E-state index in [1.807, 2.05) is 6.07 Å². The molecule has 0 aliphatic heterocycles. The van der Waals surface area contributed by atoms with Crippen molar-refractivity contribution in [3.05, 3.63) is 65.7 Å². The monoisotopic (exact) mass is 237 g/mol. The second kappa shape index (κ2) is 6.18. The summed E-state index contributed by atoms with van der Waals surface area (Å²) in [6.07, 6.45) is 3.19. The van der Waals surface area contributed by atoms with E-state index >= 15 is 0 Å². The topological polar surface area (TPSA) is 26.0 Å². The van der Waals surface area contributed by atoms with Gasteiger partial charge in [0.15, 0.2) is 0 Å². The third-order valence-electron chi connectivity index (χ3n) is 3.10. The lowest BCUT2D eigenvalue weighted by molar-refractivity contribution is 1.02. The number of benzene rings is 2. The van der Waals surface area contributed by atoms with Gasteiger partial charge in [0, 0.05) is 6.54 Å². The second-order valence-corrected chi connectivity index (χ2v) is 4.35. The maximum Gasteiger partial charge on any atom is 0.0140 e. The molecule has 0 saturated carbocycles. The van der Waals surface area contributed by atoms with Gasteiger partial charge in [-0.1, -0.05) is 73.2 Å². The molecule has 0 amide bonds. The summed E-state index contributed by atoms with van der Waals surface area (Å²) < 4.78 is 0. The lowest BCUT2D eigenvalue weighted by atomic mass is 10.0. The molecule has 0 atom stereocenters. The van der Waals surface area contributed by atoms with Crippen LogP contribution in [0.15, 0.2) is 60.2 Å². The molecule has 1 heteroatoms. The number of hydrogen-bond acceptors (Lipinski definition) is 1. The van der Waals surface area contributed by atoms with Gasteiger partial charge in [-0.05, 0) is 23.1 Å². The Labute approximate surface area is 109 Å². The molecular weight excluding hydrogens is 218 g/mol. The van der Waals surface area contributed by atoms with Crippen LogP contribution in [0.4, 0.5) is 0 Å². The molecule has 1 nitrogen and oxygen atoms in total. The fraction of sp³-hybridized carbons (Fsp3) is 0.176. The van der Waals surface area contributed by atoms with Crippen molar-refractivity contribution in [2.45, 2.75) is 13.3 Å².